The molecule has 0 bridgehead atoms. The Balaban J connectivity index is 1.83. The van der Waals surface area contributed by atoms with Crippen LogP contribution in [0.15, 0.2) is 6.33 Å². The molecule has 2 aliphatic heterocycles. The lowest BCUT2D eigenvalue weighted by Gasteiger charge is -2.45. The molecular weight excluding hydrogens is 255 g/mol. The van der Waals surface area contributed by atoms with E-state index in [0.29, 0.717) is 23.3 Å². The summed E-state index contributed by atoms with van der Waals surface area (Å²) < 4.78 is 14.4. The second-order valence-corrected chi connectivity index (χ2v) is 6.12. The lowest BCUT2D eigenvalue weighted by atomic mass is 9.74. The van der Waals surface area contributed by atoms with Crippen molar-refractivity contribution in [1.82, 2.24) is 15.3 Å². The van der Waals surface area contributed by atoms with Crippen LogP contribution >= 0.6 is 0 Å². The van der Waals surface area contributed by atoms with Crippen molar-refractivity contribution >= 4 is 5.82 Å². The smallest absolute Gasteiger partial charge is 0.187 e. The minimum absolute atomic E-state index is 0.226. The van der Waals surface area contributed by atoms with Gasteiger partial charge in [-0.2, -0.15) is 0 Å². The summed E-state index contributed by atoms with van der Waals surface area (Å²) in [6.07, 6.45) is 6.93. The van der Waals surface area contributed by atoms with E-state index in [1.807, 2.05) is 6.92 Å². The first-order valence-electron chi connectivity index (χ1n) is 7.69. The highest BCUT2D eigenvalue weighted by Crippen LogP contribution is 2.37. The molecule has 1 aromatic heterocycles. The summed E-state index contributed by atoms with van der Waals surface area (Å²) in [6.45, 7) is 5.91. The van der Waals surface area contributed by atoms with Crippen LogP contribution in [-0.2, 0) is 6.42 Å². The Bertz CT molecular complexity index is 465. The summed E-state index contributed by atoms with van der Waals surface area (Å²) in [4.78, 5) is 10.4. The number of rotatable bonds is 2. The van der Waals surface area contributed by atoms with Crippen molar-refractivity contribution in [3.8, 4) is 0 Å². The van der Waals surface area contributed by atoms with Gasteiger partial charge in [0.15, 0.2) is 11.6 Å². The molecule has 0 aromatic carbocycles. The van der Waals surface area contributed by atoms with E-state index >= 15 is 0 Å². The quantitative estimate of drug-likeness (QED) is 0.900. The molecule has 2 aliphatic rings. The number of anilines is 1. The first kappa shape index (κ1) is 13.7. The molecule has 5 heteroatoms. The van der Waals surface area contributed by atoms with Gasteiger partial charge in [-0.25, -0.2) is 14.4 Å². The van der Waals surface area contributed by atoms with Crippen molar-refractivity contribution in [2.24, 2.45) is 5.41 Å². The Kier molecular flexibility index (Phi) is 3.87. The predicted molar refractivity (Wildman–Crippen MR) is 77.4 cm³/mol. The van der Waals surface area contributed by atoms with Gasteiger partial charge in [-0.15, -0.1) is 0 Å². The van der Waals surface area contributed by atoms with E-state index < -0.39 is 0 Å². The Morgan fingerprint density at radius 1 is 1.35 bits per heavy atom. The van der Waals surface area contributed by atoms with Gasteiger partial charge in [0.25, 0.3) is 0 Å². The molecule has 1 spiro atoms. The van der Waals surface area contributed by atoms with Crippen LogP contribution in [0.25, 0.3) is 0 Å². The van der Waals surface area contributed by atoms with Crippen molar-refractivity contribution < 1.29 is 4.39 Å². The maximum Gasteiger partial charge on any atom is 0.187 e. The lowest BCUT2D eigenvalue weighted by Crippen LogP contribution is -2.51. The highest BCUT2D eigenvalue weighted by molar-refractivity contribution is 5.42. The monoisotopic (exact) mass is 278 g/mol. The zero-order chi connectivity index (χ0) is 14.0. The third kappa shape index (κ3) is 2.51. The van der Waals surface area contributed by atoms with E-state index in [4.69, 9.17) is 0 Å². The fraction of sp³-hybridized carbons (Fsp3) is 0.733. The van der Waals surface area contributed by atoms with Gasteiger partial charge < -0.3 is 10.2 Å². The Morgan fingerprint density at radius 3 is 2.95 bits per heavy atom. The minimum Gasteiger partial charge on any atom is -0.353 e. The molecule has 2 fully saturated rings. The number of hydrogen-bond donors (Lipinski definition) is 1. The van der Waals surface area contributed by atoms with Crippen LogP contribution in [0.3, 0.4) is 0 Å². The van der Waals surface area contributed by atoms with Gasteiger partial charge in [-0.1, -0.05) is 6.92 Å². The average molecular weight is 278 g/mol. The molecule has 2 saturated heterocycles. The Morgan fingerprint density at radius 2 is 2.20 bits per heavy atom. The number of aromatic nitrogens is 2. The van der Waals surface area contributed by atoms with Gasteiger partial charge >= 0.3 is 0 Å². The van der Waals surface area contributed by atoms with Gasteiger partial charge in [0, 0.05) is 25.0 Å². The summed E-state index contributed by atoms with van der Waals surface area (Å²) in [7, 11) is 0. The molecule has 1 atom stereocenters. The summed E-state index contributed by atoms with van der Waals surface area (Å²) >= 11 is 0. The van der Waals surface area contributed by atoms with E-state index in [2.05, 4.69) is 20.2 Å². The molecule has 110 valence electrons. The molecule has 1 unspecified atom stereocenters. The Hall–Kier alpha value is -1.23. The first-order valence-corrected chi connectivity index (χ1v) is 7.69. The largest absolute Gasteiger partial charge is 0.353 e. The number of nitrogens with one attached hydrogen (secondary N) is 1. The van der Waals surface area contributed by atoms with Crippen molar-refractivity contribution in [2.75, 3.05) is 31.1 Å². The summed E-state index contributed by atoms with van der Waals surface area (Å²) in [5.74, 6) is 0.275. The van der Waals surface area contributed by atoms with Gasteiger partial charge in [0.2, 0.25) is 0 Å². The number of hydrogen-bond acceptors (Lipinski definition) is 4. The lowest BCUT2D eigenvalue weighted by molar-refractivity contribution is 0.172. The maximum atomic E-state index is 14.4. The van der Waals surface area contributed by atoms with E-state index in [1.54, 1.807) is 0 Å². The summed E-state index contributed by atoms with van der Waals surface area (Å²) in [5.41, 5.74) is 0.830. The van der Waals surface area contributed by atoms with Crippen LogP contribution < -0.4 is 10.2 Å². The highest BCUT2D eigenvalue weighted by atomic mass is 19.1. The maximum absolute atomic E-state index is 14.4. The normalized spacial score (nSPS) is 27.0. The van der Waals surface area contributed by atoms with E-state index in [1.165, 1.54) is 25.6 Å². The zero-order valence-electron chi connectivity index (χ0n) is 12.2. The molecule has 3 heterocycles. The fourth-order valence-corrected chi connectivity index (χ4v) is 3.63. The molecule has 4 nitrogen and oxygen atoms in total. The van der Waals surface area contributed by atoms with Crippen LogP contribution in [-0.4, -0.2) is 36.1 Å². The summed E-state index contributed by atoms with van der Waals surface area (Å²) in [6, 6.07) is 0. The van der Waals surface area contributed by atoms with Crippen molar-refractivity contribution in [1.29, 1.82) is 0 Å². The van der Waals surface area contributed by atoms with E-state index in [0.717, 1.165) is 32.6 Å². The highest BCUT2D eigenvalue weighted by Gasteiger charge is 2.37. The topological polar surface area (TPSA) is 41.1 Å². The standard InChI is InChI=1S/C15H23FN4/c1-2-12-13(16)14(19-11-18-12)20-8-4-6-15(10-20)5-3-7-17-9-15/h11,17H,2-10H2,1H3. The minimum atomic E-state index is -0.226. The number of halogens is 1. The molecule has 0 radical (unpaired) electrons. The summed E-state index contributed by atoms with van der Waals surface area (Å²) in [5, 5.41) is 3.50. The van der Waals surface area contributed by atoms with Crippen molar-refractivity contribution in [3.63, 3.8) is 0 Å². The van der Waals surface area contributed by atoms with Crippen LogP contribution in [0.4, 0.5) is 10.2 Å². The number of nitrogens with zero attached hydrogens (tertiary/aromatic N) is 3. The van der Waals surface area contributed by atoms with Crippen LogP contribution in [0.1, 0.15) is 38.3 Å². The van der Waals surface area contributed by atoms with Gasteiger partial charge in [0.05, 0.1) is 5.69 Å². The number of piperidine rings is 2. The average Bonchev–Trinajstić information content (AvgIpc) is 2.48. The van der Waals surface area contributed by atoms with Crippen LogP contribution in [0, 0.1) is 11.2 Å². The third-order valence-electron chi connectivity index (χ3n) is 4.70. The Labute approximate surface area is 119 Å². The van der Waals surface area contributed by atoms with Crippen LogP contribution in [0.5, 0.6) is 0 Å². The second-order valence-electron chi connectivity index (χ2n) is 6.12. The predicted octanol–water partition coefficient (Wildman–Crippen LogP) is 2.15. The molecule has 1 N–H and O–H groups in total. The first-order chi connectivity index (χ1) is 9.74. The molecule has 3 rings (SSSR count). The molecule has 0 amide bonds. The third-order valence-corrected chi connectivity index (χ3v) is 4.70. The molecule has 0 saturated carbocycles. The molecule has 0 aliphatic carbocycles. The zero-order valence-corrected chi connectivity index (χ0v) is 12.2. The molecule has 20 heavy (non-hydrogen) atoms. The SMILES string of the molecule is CCc1ncnc(N2CCCC3(CCCNC3)C2)c1F. The van der Waals surface area contributed by atoms with Crippen molar-refractivity contribution in [3.05, 3.63) is 17.8 Å². The molecular formula is C15H23FN4. The van der Waals surface area contributed by atoms with Gasteiger partial charge in [-0.05, 0) is 38.6 Å². The fourth-order valence-electron chi connectivity index (χ4n) is 3.63. The van der Waals surface area contributed by atoms with Gasteiger partial charge in [0.1, 0.15) is 6.33 Å². The van der Waals surface area contributed by atoms with Gasteiger partial charge in [-0.3, -0.25) is 0 Å². The molecule has 1 aromatic rings. The second kappa shape index (κ2) is 5.64. The van der Waals surface area contributed by atoms with Crippen molar-refractivity contribution in [2.45, 2.75) is 39.0 Å². The van der Waals surface area contributed by atoms with E-state index in [9.17, 15) is 4.39 Å². The van der Waals surface area contributed by atoms with E-state index in [-0.39, 0.29) is 5.82 Å². The number of aryl methyl sites for hydroxylation is 1. The van der Waals surface area contributed by atoms with Crippen LogP contribution in [0.2, 0.25) is 0 Å².